The summed E-state index contributed by atoms with van der Waals surface area (Å²) in [6.07, 6.45) is 3.38. The van der Waals surface area contributed by atoms with Gasteiger partial charge in [-0.2, -0.15) is 11.8 Å². The fourth-order valence-corrected chi connectivity index (χ4v) is 5.45. The number of hydrogen-bond acceptors (Lipinski definition) is 5. The number of carbonyl (C=O) groups excluding carboxylic acids is 1. The van der Waals surface area contributed by atoms with E-state index in [2.05, 4.69) is 15.3 Å². The molecule has 146 valence electrons. The first-order valence-electron chi connectivity index (χ1n) is 8.87. The van der Waals surface area contributed by atoms with Crippen molar-refractivity contribution in [1.29, 1.82) is 0 Å². The van der Waals surface area contributed by atoms with Gasteiger partial charge in [0.25, 0.3) is 5.56 Å². The van der Waals surface area contributed by atoms with Crippen molar-refractivity contribution in [2.24, 2.45) is 0 Å². The molecule has 0 spiro atoms. The number of thioether (sulfide) groups is 1. The smallest absolute Gasteiger partial charge is 0.259 e. The molecule has 0 fully saturated rings. The molecular formula is C19H17ClFN3O2S2. The molecule has 0 saturated heterocycles. The van der Waals surface area contributed by atoms with E-state index in [9.17, 15) is 14.0 Å². The zero-order valence-electron chi connectivity index (χ0n) is 14.8. The van der Waals surface area contributed by atoms with Gasteiger partial charge in [-0.1, -0.05) is 11.6 Å². The number of carbonyl (C=O) groups is 1. The Morgan fingerprint density at radius 3 is 3.07 bits per heavy atom. The molecule has 0 unspecified atom stereocenters. The van der Waals surface area contributed by atoms with Crippen LogP contribution in [-0.4, -0.2) is 21.6 Å². The first-order valence-corrected chi connectivity index (χ1v) is 11.2. The van der Waals surface area contributed by atoms with Crippen molar-refractivity contribution in [3.63, 3.8) is 0 Å². The summed E-state index contributed by atoms with van der Waals surface area (Å²) in [6, 6.07) is 4.15. The van der Waals surface area contributed by atoms with E-state index in [1.54, 1.807) is 17.4 Å². The zero-order valence-corrected chi connectivity index (χ0v) is 17.2. The van der Waals surface area contributed by atoms with Gasteiger partial charge in [0.05, 0.1) is 16.2 Å². The predicted molar refractivity (Wildman–Crippen MR) is 113 cm³/mol. The van der Waals surface area contributed by atoms with Gasteiger partial charge in [-0.25, -0.2) is 9.37 Å². The normalized spacial score (nSPS) is 13.1. The molecule has 5 nitrogen and oxygen atoms in total. The van der Waals surface area contributed by atoms with Gasteiger partial charge < -0.3 is 10.3 Å². The van der Waals surface area contributed by atoms with Crippen LogP contribution in [0.25, 0.3) is 10.2 Å². The Morgan fingerprint density at radius 1 is 1.39 bits per heavy atom. The SMILES string of the molecule is O=C(CCSCc1nc2sc3c(c2c(=O)[nH]1)CCC3)Nc1ccc(Cl)c(F)c1. The average Bonchev–Trinajstić information content (AvgIpc) is 3.22. The molecule has 1 aromatic carbocycles. The lowest BCUT2D eigenvalue weighted by Gasteiger charge is -2.06. The van der Waals surface area contributed by atoms with Crippen molar-refractivity contribution in [3.05, 3.63) is 55.7 Å². The second kappa shape index (κ2) is 8.23. The van der Waals surface area contributed by atoms with Crippen molar-refractivity contribution < 1.29 is 9.18 Å². The molecule has 1 aliphatic carbocycles. The van der Waals surface area contributed by atoms with Gasteiger partial charge in [0.1, 0.15) is 16.5 Å². The standard InChI is InChI=1S/C19H17ClFN3O2S2/c20-12-5-4-10(8-13(12)21)22-16(25)6-7-27-9-15-23-18(26)17-11-2-1-3-14(11)28-19(17)24-15/h4-5,8H,1-3,6-7,9H2,(H,22,25)(H,23,24,26). The summed E-state index contributed by atoms with van der Waals surface area (Å²) >= 11 is 8.76. The van der Waals surface area contributed by atoms with Gasteiger partial charge in [0.2, 0.25) is 5.91 Å². The van der Waals surface area contributed by atoms with Crippen LogP contribution < -0.4 is 10.9 Å². The number of benzene rings is 1. The van der Waals surface area contributed by atoms with Gasteiger partial charge in [0.15, 0.2) is 0 Å². The third kappa shape index (κ3) is 4.09. The van der Waals surface area contributed by atoms with Crippen molar-refractivity contribution in [3.8, 4) is 0 Å². The zero-order chi connectivity index (χ0) is 19.7. The number of rotatable bonds is 6. The van der Waals surface area contributed by atoms with Crippen molar-refractivity contribution in [2.45, 2.75) is 31.4 Å². The van der Waals surface area contributed by atoms with E-state index >= 15 is 0 Å². The third-order valence-corrected chi connectivity index (χ3v) is 7.00. The lowest BCUT2D eigenvalue weighted by molar-refractivity contribution is -0.115. The monoisotopic (exact) mass is 437 g/mol. The molecule has 1 amide bonds. The van der Waals surface area contributed by atoms with E-state index in [0.29, 0.717) is 23.0 Å². The van der Waals surface area contributed by atoms with E-state index < -0.39 is 5.82 Å². The molecule has 2 heterocycles. The largest absolute Gasteiger partial charge is 0.326 e. The molecular weight excluding hydrogens is 421 g/mol. The number of H-pyrrole nitrogens is 1. The number of halogens is 2. The molecule has 0 aliphatic heterocycles. The maximum Gasteiger partial charge on any atom is 0.259 e. The molecule has 0 atom stereocenters. The highest BCUT2D eigenvalue weighted by Gasteiger charge is 2.21. The predicted octanol–water partition coefficient (Wildman–Crippen LogP) is 4.53. The Labute approximate surface area is 173 Å². The van der Waals surface area contributed by atoms with Gasteiger partial charge in [-0.3, -0.25) is 9.59 Å². The number of aromatic amines is 1. The fraction of sp³-hybridized carbons (Fsp3) is 0.316. The lowest BCUT2D eigenvalue weighted by Crippen LogP contribution is -2.13. The number of nitrogens with one attached hydrogen (secondary N) is 2. The van der Waals surface area contributed by atoms with E-state index in [1.807, 2.05) is 0 Å². The number of aromatic nitrogens is 2. The fourth-order valence-electron chi connectivity index (χ4n) is 3.25. The summed E-state index contributed by atoms with van der Waals surface area (Å²) in [6.45, 7) is 0. The first kappa shape index (κ1) is 19.4. The van der Waals surface area contributed by atoms with Crippen LogP contribution in [0.2, 0.25) is 5.02 Å². The average molecular weight is 438 g/mol. The number of hydrogen-bond donors (Lipinski definition) is 2. The second-order valence-corrected chi connectivity index (χ2v) is 9.13. The second-order valence-electron chi connectivity index (χ2n) is 6.53. The van der Waals surface area contributed by atoms with Crippen LogP contribution in [0, 0.1) is 5.82 Å². The maximum atomic E-state index is 13.4. The molecule has 2 N–H and O–H groups in total. The van der Waals surface area contributed by atoms with Crippen LogP contribution in [-0.2, 0) is 23.4 Å². The van der Waals surface area contributed by atoms with E-state index in [4.69, 9.17) is 11.6 Å². The van der Waals surface area contributed by atoms with Crippen molar-refractivity contribution in [1.82, 2.24) is 9.97 Å². The quantitative estimate of drug-likeness (QED) is 0.555. The minimum absolute atomic E-state index is 0.0167. The van der Waals surface area contributed by atoms with Gasteiger partial charge in [-0.15, -0.1) is 11.3 Å². The van der Waals surface area contributed by atoms with E-state index in [1.165, 1.54) is 34.3 Å². The topological polar surface area (TPSA) is 74.8 Å². The Balaban J connectivity index is 1.31. The number of amides is 1. The number of anilines is 1. The van der Waals surface area contributed by atoms with Crippen LogP contribution in [0.5, 0.6) is 0 Å². The molecule has 0 saturated carbocycles. The highest BCUT2D eigenvalue weighted by Crippen LogP contribution is 2.34. The van der Waals surface area contributed by atoms with E-state index in [0.717, 1.165) is 29.5 Å². The molecule has 2 aromatic heterocycles. The first-order chi connectivity index (χ1) is 13.5. The minimum Gasteiger partial charge on any atom is -0.326 e. The molecule has 0 bridgehead atoms. The molecule has 9 heteroatoms. The number of aryl methyl sites for hydroxylation is 2. The summed E-state index contributed by atoms with van der Waals surface area (Å²) < 4.78 is 13.4. The highest BCUT2D eigenvalue weighted by molar-refractivity contribution is 7.98. The summed E-state index contributed by atoms with van der Waals surface area (Å²) in [4.78, 5) is 33.9. The summed E-state index contributed by atoms with van der Waals surface area (Å²) in [7, 11) is 0. The lowest BCUT2D eigenvalue weighted by atomic mass is 10.2. The van der Waals surface area contributed by atoms with Crippen LogP contribution in [0.4, 0.5) is 10.1 Å². The Morgan fingerprint density at radius 2 is 2.25 bits per heavy atom. The number of fused-ring (bicyclic) bond motifs is 3. The van der Waals surface area contributed by atoms with Crippen LogP contribution in [0.15, 0.2) is 23.0 Å². The Kier molecular flexibility index (Phi) is 5.70. The molecule has 3 aromatic rings. The van der Waals surface area contributed by atoms with Crippen LogP contribution >= 0.6 is 34.7 Å². The Bertz CT molecular complexity index is 1110. The van der Waals surface area contributed by atoms with Crippen molar-refractivity contribution in [2.75, 3.05) is 11.1 Å². The van der Waals surface area contributed by atoms with E-state index in [-0.39, 0.29) is 22.9 Å². The molecule has 28 heavy (non-hydrogen) atoms. The molecule has 1 aliphatic rings. The van der Waals surface area contributed by atoms with Crippen molar-refractivity contribution >= 4 is 56.5 Å². The number of thiophene rings is 1. The van der Waals surface area contributed by atoms with Gasteiger partial charge in [-0.05, 0) is 43.0 Å². The molecule has 4 rings (SSSR count). The maximum absolute atomic E-state index is 13.4. The van der Waals surface area contributed by atoms with Gasteiger partial charge >= 0.3 is 0 Å². The Hall–Kier alpha value is -1.90. The number of nitrogens with zero attached hydrogens (tertiary/aromatic N) is 1. The van der Waals surface area contributed by atoms with Crippen LogP contribution in [0.3, 0.4) is 0 Å². The highest BCUT2D eigenvalue weighted by atomic mass is 35.5. The third-order valence-electron chi connectivity index (χ3n) is 4.54. The minimum atomic E-state index is -0.571. The molecule has 0 radical (unpaired) electrons. The van der Waals surface area contributed by atoms with Crippen LogP contribution in [0.1, 0.15) is 29.1 Å². The summed E-state index contributed by atoms with van der Waals surface area (Å²) in [5, 5.41) is 3.41. The summed E-state index contributed by atoms with van der Waals surface area (Å²) in [5.74, 6) is 0.934. The summed E-state index contributed by atoms with van der Waals surface area (Å²) in [5.41, 5.74) is 1.48. The van der Waals surface area contributed by atoms with Gasteiger partial charge in [0, 0.05) is 22.7 Å².